The molecule has 6 nitrogen and oxygen atoms in total. The maximum absolute atomic E-state index is 9.70. The Morgan fingerprint density at radius 3 is 2.69 bits per heavy atom. The Balaban J connectivity index is 2.05. The van der Waals surface area contributed by atoms with Crippen molar-refractivity contribution in [2.45, 2.75) is 12.3 Å². The van der Waals surface area contributed by atoms with E-state index in [1.165, 1.54) is 0 Å². The van der Waals surface area contributed by atoms with E-state index >= 15 is 0 Å². The van der Waals surface area contributed by atoms with Crippen molar-refractivity contribution in [3.05, 3.63) is 44.7 Å². The lowest BCUT2D eigenvalue weighted by Gasteiger charge is -2.32. The molecule has 1 aromatic carbocycles. The lowest BCUT2D eigenvalue weighted by atomic mass is 9.78. The third-order valence-corrected chi connectivity index (χ3v) is 7.47. The Hall–Kier alpha value is -2.21. The number of nitrogens with zero attached hydrogens (tertiary/aromatic N) is 2. The minimum absolute atomic E-state index is 0.123. The van der Waals surface area contributed by atoms with Gasteiger partial charge in [0.2, 0.25) is 5.88 Å². The van der Waals surface area contributed by atoms with Gasteiger partial charge in [0.1, 0.15) is 17.6 Å². The summed E-state index contributed by atoms with van der Waals surface area (Å²) >= 11 is -0.426. The fraction of sp³-hybridized carbons (Fsp3) is 0.368. The number of hydrogen-bond acceptors (Lipinski definition) is 6. The summed E-state index contributed by atoms with van der Waals surface area (Å²) in [4.78, 5) is 2.01. The average molecular weight is 467 g/mol. The van der Waals surface area contributed by atoms with Gasteiger partial charge in [0.05, 0.1) is 19.8 Å². The van der Waals surface area contributed by atoms with Crippen molar-refractivity contribution in [2.75, 3.05) is 33.2 Å². The van der Waals surface area contributed by atoms with E-state index in [0.29, 0.717) is 17.7 Å². The van der Waals surface area contributed by atoms with Crippen LogP contribution in [0.25, 0.3) is 0 Å². The summed E-state index contributed by atoms with van der Waals surface area (Å²) in [5.74, 6) is 1.75. The number of allylic oxidation sites excluding steroid dienone is 2. The molecule has 2 atom stereocenters. The van der Waals surface area contributed by atoms with Crippen LogP contribution in [-0.4, -0.2) is 32.3 Å². The minimum Gasteiger partial charge on any atom is -0.497 e. The fourth-order valence-electron chi connectivity index (χ4n) is 3.25. The number of benzene rings is 1. The molecule has 2 heterocycles. The Kier molecular flexibility index (Phi) is 5.41. The summed E-state index contributed by atoms with van der Waals surface area (Å²) < 4.78 is 20.0. The van der Waals surface area contributed by atoms with E-state index in [1.54, 1.807) is 14.2 Å². The molecule has 0 fully saturated rings. The van der Waals surface area contributed by atoms with E-state index in [0.717, 1.165) is 20.8 Å². The van der Waals surface area contributed by atoms with Crippen LogP contribution >= 0.6 is 20.7 Å². The summed E-state index contributed by atoms with van der Waals surface area (Å²) in [6, 6.07) is 8.30. The van der Waals surface area contributed by atoms with Gasteiger partial charge >= 0.3 is 0 Å². The second-order valence-electron chi connectivity index (χ2n) is 6.29. The molecule has 0 saturated heterocycles. The summed E-state index contributed by atoms with van der Waals surface area (Å²) in [5, 5.41) is 9.70. The van der Waals surface area contributed by atoms with E-state index in [1.807, 2.05) is 37.2 Å². The van der Waals surface area contributed by atoms with Crippen LogP contribution in [0.1, 0.15) is 17.9 Å². The summed E-state index contributed by atoms with van der Waals surface area (Å²) in [5.41, 5.74) is 8.59. The Morgan fingerprint density at radius 2 is 2.08 bits per heavy atom. The number of methoxy groups -OCH3 is 2. The minimum atomic E-state index is -0.426. The third kappa shape index (κ3) is 3.26. The van der Waals surface area contributed by atoms with Gasteiger partial charge in [0, 0.05) is 49.7 Å². The van der Waals surface area contributed by atoms with Crippen LogP contribution in [0.15, 0.2) is 39.2 Å². The van der Waals surface area contributed by atoms with Crippen LogP contribution in [0.4, 0.5) is 5.69 Å². The standard InChI is InChI=1S/C19H22IN3O3/c1-23(2)12-5-6-13-15(8-12)26-19(22)14(10-21)17(13)11-7-16(24-3)18(25-4)20-9-11/h5-6,8-9,11,17H,7,22H2,1-4H3. The molecular weight excluding hydrogens is 445 g/mol. The molecule has 2 aliphatic rings. The molecule has 2 N–H and O–H groups in total. The molecule has 0 spiro atoms. The normalized spacial score (nSPS) is 22.0. The zero-order valence-electron chi connectivity index (χ0n) is 15.2. The first kappa shape index (κ1) is 18.6. The molecule has 3 rings (SSSR count). The number of ether oxygens (including phenoxy) is 3. The average Bonchev–Trinajstić information content (AvgIpc) is 2.65. The molecular formula is C19H22IN3O3. The number of hydrogen-bond donors (Lipinski definition) is 1. The number of nitriles is 1. The van der Waals surface area contributed by atoms with Crippen molar-refractivity contribution in [1.29, 1.82) is 5.26 Å². The molecule has 0 amide bonds. The van der Waals surface area contributed by atoms with Crippen molar-refractivity contribution in [2.24, 2.45) is 11.7 Å². The number of fused-ring (bicyclic) bond motifs is 1. The Labute approximate surface area is 163 Å². The van der Waals surface area contributed by atoms with Gasteiger partial charge in [-0.05, 0) is 30.8 Å². The van der Waals surface area contributed by atoms with Crippen molar-refractivity contribution >= 4 is 30.4 Å². The van der Waals surface area contributed by atoms with Gasteiger partial charge < -0.3 is 24.8 Å². The summed E-state index contributed by atoms with van der Waals surface area (Å²) in [7, 11) is 7.29. The first-order chi connectivity index (χ1) is 12.5. The molecule has 2 aliphatic heterocycles. The van der Waals surface area contributed by atoms with Crippen LogP contribution in [0.5, 0.6) is 5.75 Å². The molecule has 1 aromatic rings. The maximum Gasteiger partial charge on any atom is 0.205 e. The van der Waals surface area contributed by atoms with Gasteiger partial charge in [0.15, 0.2) is 3.77 Å². The van der Waals surface area contributed by atoms with E-state index in [4.69, 9.17) is 19.9 Å². The van der Waals surface area contributed by atoms with Gasteiger partial charge in [-0.1, -0.05) is 6.07 Å². The Morgan fingerprint density at radius 1 is 1.31 bits per heavy atom. The van der Waals surface area contributed by atoms with E-state index in [2.05, 4.69) is 10.1 Å². The fourth-order valence-corrected chi connectivity index (χ4v) is 5.75. The lowest BCUT2D eigenvalue weighted by molar-refractivity contribution is 0.226. The highest BCUT2D eigenvalue weighted by Gasteiger charge is 2.36. The number of halogens is 1. The van der Waals surface area contributed by atoms with Crippen molar-refractivity contribution < 1.29 is 14.2 Å². The topological polar surface area (TPSA) is 80.7 Å². The van der Waals surface area contributed by atoms with E-state index in [-0.39, 0.29) is 17.7 Å². The van der Waals surface area contributed by atoms with Crippen LogP contribution in [0.3, 0.4) is 0 Å². The predicted octanol–water partition coefficient (Wildman–Crippen LogP) is 3.18. The number of anilines is 1. The third-order valence-electron chi connectivity index (χ3n) is 4.58. The van der Waals surface area contributed by atoms with E-state index in [9.17, 15) is 5.26 Å². The monoisotopic (exact) mass is 467 g/mol. The predicted molar refractivity (Wildman–Crippen MR) is 110 cm³/mol. The highest BCUT2D eigenvalue weighted by atomic mass is 127. The molecule has 0 radical (unpaired) electrons. The molecule has 26 heavy (non-hydrogen) atoms. The van der Waals surface area contributed by atoms with Gasteiger partial charge in [-0.3, -0.25) is 0 Å². The first-order valence-corrected chi connectivity index (χ1v) is 10.5. The van der Waals surface area contributed by atoms with Gasteiger partial charge in [-0.25, -0.2) is 0 Å². The van der Waals surface area contributed by atoms with Crippen molar-refractivity contribution in [3.63, 3.8) is 0 Å². The second kappa shape index (κ2) is 7.58. The largest absolute Gasteiger partial charge is 0.497 e. The lowest BCUT2D eigenvalue weighted by Crippen LogP contribution is -2.27. The zero-order chi connectivity index (χ0) is 18.8. The molecule has 2 unspecified atom stereocenters. The highest BCUT2D eigenvalue weighted by molar-refractivity contribution is 14.2. The Bertz CT molecular complexity index is 852. The van der Waals surface area contributed by atoms with Crippen LogP contribution in [0, 0.1) is 17.2 Å². The van der Waals surface area contributed by atoms with Gasteiger partial charge in [0.25, 0.3) is 0 Å². The van der Waals surface area contributed by atoms with Crippen molar-refractivity contribution in [3.8, 4) is 11.8 Å². The zero-order valence-corrected chi connectivity index (χ0v) is 17.4. The second-order valence-corrected chi connectivity index (χ2v) is 8.62. The number of rotatable bonds is 4. The first-order valence-electron chi connectivity index (χ1n) is 8.16. The highest BCUT2D eigenvalue weighted by Crippen LogP contribution is 2.47. The van der Waals surface area contributed by atoms with E-state index < -0.39 is 20.7 Å². The SMILES string of the molecule is COC1=C(OC)I=CC(C2C(C#N)=C(N)Oc3cc(N(C)C)ccc32)C1. The smallest absolute Gasteiger partial charge is 0.205 e. The van der Waals surface area contributed by atoms with Gasteiger partial charge in [-0.15, -0.1) is 0 Å². The molecule has 0 saturated carbocycles. The molecule has 138 valence electrons. The number of nitrogens with two attached hydrogens (primary N) is 1. The van der Waals surface area contributed by atoms with Crippen LogP contribution < -0.4 is 15.4 Å². The van der Waals surface area contributed by atoms with Crippen LogP contribution in [0.2, 0.25) is 0 Å². The molecule has 0 bridgehead atoms. The molecule has 0 aromatic heterocycles. The summed E-state index contributed by atoms with van der Waals surface area (Å²) in [6.07, 6.45) is 0.678. The van der Waals surface area contributed by atoms with Crippen molar-refractivity contribution in [1.82, 2.24) is 0 Å². The molecule has 7 heteroatoms. The maximum atomic E-state index is 9.70. The van der Waals surface area contributed by atoms with Gasteiger partial charge in [-0.2, -0.15) is 5.26 Å². The summed E-state index contributed by atoms with van der Waals surface area (Å²) in [6.45, 7) is 0. The quantitative estimate of drug-likeness (QED) is 0.686. The van der Waals surface area contributed by atoms with Crippen LogP contribution in [-0.2, 0) is 9.47 Å². The molecule has 0 aliphatic carbocycles.